The van der Waals surface area contributed by atoms with E-state index in [0.717, 1.165) is 6.42 Å². The molecule has 0 amide bonds. The lowest BCUT2D eigenvalue weighted by Crippen LogP contribution is -1.77. The Morgan fingerprint density at radius 1 is 0.929 bits per heavy atom. The van der Waals surface area contributed by atoms with E-state index in [9.17, 15) is 4.79 Å². The Bertz CT molecular complexity index is 138. The molecule has 0 saturated carbocycles. The Kier molecular flexibility index (Phi) is 11.9. The van der Waals surface area contributed by atoms with Crippen molar-refractivity contribution < 1.29 is 4.79 Å². The second-order valence-corrected chi connectivity index (χ2v) is 3.71. The fraction of sp³-hybridized carbons (Fsp3) is 0.769. The molecular weight excluding hydrogens is 172 g/mol. The highest BCUT2D eigenvalue weighted by Crippen LogP contribution is 2.07. The van der Waals surface area contributed by atoms with Crippen molar-refractivity contribution in [2.24, 2.45) is 0 Å². The third kappa shape index (κ3) is 11.4. The summed E-state index contributed by atoms with van der Waals surface area (Å²) in [6.07, 6.45) is 16.9. The van der Waals surface area contributed by atoms with Crippen molar-refractivity contribution in [2.75, 3.05) is 0 Å². The molecule has 0 fully saturated rings. The Labute approximate surface area is 88.6 Å². The lowest BCUT2D eigenvalue weighted by Gasteiger charge is -1.97. The standard InChI is InChI=1S/C13H23O/c1-2-3-4-5-6-7-8-9-10-11-12-13-14/h9-10H,2-8,11-12H2,1H3/b10-9+. The molecule has 0 aliphatic rings. The molecule has 0 aliphatic heterocycles. The molecule has 1 radical (unpaired) electrons. The van der Waals surface area contributed by atoms with Gasteiger partial charge in [-0.1, -0.05) is 51.2 Å². The smallest absolute Gasteiger partial charge is 0.198 e. The Hall–Kier alpha value is -0.590. The van der Waals surface area contributed by atoms with Crippen molar-refractivity contribution in [3.8, 4) is 0 Å². The molecule has 1 nitrogen and oxygen atoms in total. The summed E-state index contributed by atoms with van der Waals surface area (Å²) in [5.41, 5.74) is 0. The first-order chi connectivity index (χ1) is 6.91. The van der Waals surface area contributed by atoms with Gasteiger partial charge in [0.05, 0.1) is 0 Å². The first kappa shape index (κ1) is 13.4. The van der Waals surface area contributed by atoms with Crippen LogP contribution >= 0.6 is 0 Å². The summed E-state index contributed by atoms with van der Waals surface area (Å²) in [5, 5.41) is 0. The Balaban J connectivity index is 2.97. The van der Waals surface area contributed by atoms with Crippen LogP contribution in [0.2, 0.25) is 0 Å². The van der Waals surface area contributed by atoms with Gasteiger partial charge in [0.1, 0.15) is 0 Å². The minimum Gasteiger partial charge on any atom is -0.291 e. The molecule has 0 N–H and O–H groups in total. The number of carbonyl (C=O) groups excluding carboxylic acids is 1. The Morgan fingerprint density at radius 3 is 2.29 bits per heavy atom. The molecule has 14 heavy (non-hydrogen) atoms. The number of hydrogen-bond acceptors (Lipinski definition) is 1. The average molecular weight is 195 g/mol. The molecule has 0 aromatic carbocycles. The first-order valence-corrected chi connectivity index (χ1v) is 5.91. The normalized spacial score (nSPS) is 10.9. The molecule has 0 rings (SSSR count). The maximum Gasteiger partial charge on any atom is 0.198 e. The Morgan fingerprint density at radius 2 is 1.57 bits per heavy atom. The van der Waals surface area contributed by atoms with Gasteiger partial charge in [0.15, 0.2) is 6.29 Å². The first-order valence-electron chi connectivity index (χ1n) is 5.91. The second kappa shape index (κ2) is 12.4. The minimum atomic E-state index is 0.549. The van der Waals surface area contributed by atoms with E-state index >= 15 is 0 Å². The molecule has 0 unspecified atom stereocenters. The molecule has 81 valence electrons. The van der Waals surface area contributed by atoms with E-state index in [2.05, 4.69) is 19.1 Å². The van der Waals surface area contributed by atoms with Gasteiger partial charge in [-0.25, -0.2) is 0 Å². The number of rotatable bonds is 10. The van der Waals surface area contributed by atoms with Crippen LogP contribution < -0.4 is 0 Å². The lowest BCUT2D eigenvalue weighted by atomic mass is 10.1. The maximum absolute atomic E-state index is 9.88. The van der Waals surface area contributed by atoms with Crippen LogP contribution in [0.25, 0.3) is 0 Å². The number of allylic oxidation sites excluding steroid dienone is 2. The zero-order valence-corrected chi connectivity index (χ0v) is 9.43. The third-order valence-corrected chi connectivity index (χ3v) is 2.30. The summed E-state index contributed by atoms with van der Waals surface area (Å²) in [6.45, 7) is 2.24. The van der Waals surface area contributed by atoms with E-state index in [4.69, 9.17) is 0 Å². The van der Waals surface area contributed by atoms with Crippen molar-refractivity contribution in [1.82, 2.24) is 0 Å². The van der Waals surface area contributed by atoms with Gasteiger partial charge in [0.2, 0.25) is 0 Å². The summed E-state index contributed by atoms with van der Waals surface area (Å²) in [4.78, 5) is 9.88. The quantitative estimate of drug-likeness (QED) is 0.377. The van der Waals surface area contributed by atoms with Gasteiger partial charge in [0.25, 0.3) is 0 Å². The zero-order valence-electron chi connectivity index (χ0n) is 9.43. The summed E-state index contributed by atoms with van der Waals surface area (Å²) in [7, 11) is 0. The van der Waals surface area contributed by atoms with Crippen molar-refractivity contribution in [3.63, 3.8) is 0 Å². The van der Waals surface area contributed by atoms with Crippen LogP contribution in [0, 0.1) is 0 Å². The van der Waals surface area contributed by atoms with Crippen molar-refractivity contribution in [3.05, 3.63) is 12.2 Å². The predicted molar refractivity (Wildman–Crippen MR) is 62.1 cm³/mol. The molecule has 0 spiro atoms. The van der Waals surface area contributed by atoms with E-state index in [1.165, 1.54) is 44.9 Å². The van der Waals surface area contributed by atoms with E-state index in [1.807, 2.05) is 6.29 Å². The van der Waals surface area contributed by atoms with Gasteiger partial charge in [-0.2, -0.15) is 0 Å². The SMILES string of the molecule is CCCCCCCC/C=C/CC[C]=O. The van der Waals surface area contributed by atoms with Gasteiger partial charge in [-0.3, -0.25) is 4.79 Å². The highest BCUT2D eigenvalue weighted by molar-refractivity contribution is 5.50. The number of unbranched alkanes of at least 4 members (excludes halogenated alkanes) is 7. The van der Waals surface area contributed by atoms with Gasteiger partial charge in [0, 0.05) is 6.42 Å². The molecular formula is C13H23O. The molecule has 0 aromatic heterocycles. The molecule has 0 saturated heterocycles. The number of hydrogen-bond donors (Lipinski definition) is 0. The van der Waals surface area contributed by atoms with Crippen LogP contribution in [0.4, 0.5) is 0 Å². The van der Waals surface area contributed by atoms with Gasteiger partial charge in [-0.05, 0) is 19.3 Å². The fourth-order valence-corrected chi connectivity index (χ4v) is 1.42. The molecule has 0 aromatic rings. The molecule has 1 heteroatoms. The highest BCUT2D eigenvalue weighted by Gasteiger charge is 1.87. The van der Waals surface area contributed by atoms with E-state index in [0.29, 0.717) is 6.42 Å². The van der Waals surface area contributed by atoms with Crippen molar-refractivity contribution in [1.29, 1.82) is 0 Å². The van der Waals surface area contributed by atoms with Crippen LogP contribution in [0.1, 0.15) is 64.7 Å². The van der Waals surface area contributed by atoms with Crippen molar-refractivity contribution >= 4 is 6.29 Å². The van der Waals surface area contributed by atoms with E-state index < -0.39 is 0 Å². The van der Waals surface area contributed by atoms with Crippen LogP contribution in [0.5, 0.6) is 0 Å². The molecule has 0 atom stereocenters. The highest BCUT2D eigenvalue weighted by atomic mass is 16.1. The summed E-state index contributed by atoms with van der Waals surface area (Å²) < 4.78 is 0. The predicted octanol–water partition coefficient (Wildman–Crippen LogP) is 4.18. The maximum atomic E-state index is 9.88. The van der Waals surface area contributed by atoms with E-state index in [1.54, 1.807) is 0 Å². The van der Waals surface area contributed by atoms with Crippen molar-refractivity contribution in [2.45, 2.75) is 64.7 Å². The summed E-state index contributed by atoms with van der Waals surface area (Å²) in [5.74, 6) is 0. The monoisotopic (exact) mass is 195 g/mol. The van der Waals surface area contributed by atoms with Gasteiger partial charge in [-0.15, -0.1) is 0 Å². The topological polar surface area (TPSA) is 17.1 Å². The lowest BCUT2D eigenvalue weighted by molar-refractivity contribution is 0.551. The summed E-state index contributed by atoms with van der Waals surface area (Å²) >= 11 is 0. The molecule has 0 heterocycles. The molecule has 0 bridgehead atoms. The average Bonchev–Trinajstić information content (AvgIpc) is 2.21. The van der Waals surface area contributed by atoms with Crippen LogP contribution in [-0.2, 0) is 4.79 Å². The van der Waals surface area contributed by atoms with Crippen LogP contribution in [0.15, 0.2) is 12.2 Å². The van der Waals surface area contributed by atoms with Gasteiger partial charge >= 0.3 is 0 Å². The summed E-state index contributed by atoms with van der Waals surface area (Å²) in [6, 6.07) is 0. The van der Waals surface area contributed by atoms with Crippen LogP contribution in [0.3, 0.4) is 0 Å². The van der Waals surface area contributed by atoms with Gasteiger partial charge < -0.3 is 0 Å². The van der Waals surface area contributed by atoms with E-state index in [-0.39, 0.29) is 0 Å². The minimum absolute atomic E-state index is 0.549. The fourth-order valence-electron chi connectivity index (χ4n) is 1.42. The zero-order chi connectivity index (χ0) is 10.5. The third-order valence-electron chi connectivity index (χ3n) is 2.30. The van der Waals surface area contributed by atoms with Crippen LogP contribution in [-0.4, -0.2) is 6.29 Å². The molecule has 0 aliphatic carbocycles. The largest absolute Gasteiger partial charge is 0.291 e. The second-order valence-electron chi connectivity index (χ2n) is 3.71.